The molecule has 2 aliphatic rings. The molecule has 1 saturated carbocycles. The summed E-state index contributed by atoms with van der Waals surface area (Å²) in [5.41, 5.74) is 1.46. The Morgan fingerprint density at radius 2 is 1.85 bits per heavy atom. The van der Waals surface area contributed by atoms with Crippen molar-refractivity contribution in [3.63, 3.8) is 0 Å². The molecule has 13 heavy (non-hydrogen) atoms. The maximum Gasteiger partial charge on any atom is 0.0699 e. The topological polar surface area (TPSA) is 14.1 Å². The predicted molar refractivity (Wildman–Crippen MR) is 59.9 cm³/mol. The Bertz CT molecular complexity index is 237. The van der Waals surface area contributed by atoms with E-state index in [1.807, 2.05) is 0 Å². The van der Waals surface area contributed by atoms with Crippen LogP contribution in [0.5, 0.6) is 0 Å². The molecule has 1 nitrogen and oxygen atoms in total. The second kappa shape index (κ2) is 4.58. The van der Waals surface area contributed by atoms with Gasteiger partial charge in [0.15, 0.2) is 0 Å². The van der Waals surface area contributed by atoms with Gasteiger partial charge in [0, 0.05) is 11.2 Å². The van der Waals surface area contributed by atoms with Gasteiger partial charge < -0.3 is 0 Å². The molecule has 3 heteroatoms. The molecule has 0 atom stereocenters. The van der Waals surface area contributed by atoms with Gasteiger partial charge in [0.1, 0.15) is 0 Å². The lowest BCUT2D eigenvalue weighted by Gasteiger charge is -2.14. The molecule has 0 aromatic carbocycles. The zero-order valence-electron chi connectivity index (χ0n) is 8.16. The van der Waals surface area contributed by atoms with Crippen LogP contribution < -0.4 is 5.09 Å². The quantitative estimate of drug-likeness (QED) is 0.448. The van der Waals surface area contributed by atoms with Gasteiger partial charge in [0.25, 0.3) is 0 Å². The van der Waals surface area contributed by atoms with Crippen LogP contribution in [0.3, 0.4) is 0 Å². The highest BCUT2D eigenvalue weighted by Crippen LogP contribution is 2.41. The molecular weight excluding hydrogens is 196 g/mol. The first-order valence-corrected chi connectivity index (χ1v) is 7.65. The van der Waals surface area contributed by atoms with Crippen LogP contribution in [0, 0.1) is 5.92 Å². The Labute approximate surface area is 83.8 Å². The first-order chi connectivity index (χ1) is 6.38. The molecule has 1 aliphatic heterocycles. The first-order valence-electron chi connectivity index (χ1n) is 5.20. The molecule has 0 aromatic rings. The van der Waals surface area contributed by atoms with E-state index < -0.39 is 0 Å². The highest BCUT2D eigenvalue weighted by molar-refractivity contribution is 7.85. The van der Waals surface area contributed by atoms with E-state index in [0.717, 1.165) is 5.92 Å². The normalized spacial score (nSPS) is 27.2. The lowest BCUT2D eigenvalue weighted by molar-refractivity contribution is 0.515. The molecule has 0 spiro atoms. The number of hydrogen-bond acceptors (Lipinski definition) is 0. The molecule has 1 heterocycles. The zero-order chi connectivity index (χ0) is 9.10. The van der Waals surface area contributed by atoms with E-state index in [1.54, 1.807) is 0 Å². The molecule has 1 fully saturated rings. The van der Waals surface area contributed by atoms with Crippen LogP contribution in [-0.2, 0) is 0 Å². The van der Waals surface area contributed by atoms with Crippen molar-refractivity contribution in [3.8, 4) is 0 Å². The van der Waals surface area contributed by atoms with Crippen LogP contribution in [0.25, 0.3) is 0 Å². The van der Waals surface area contributed by atoms with Gasteiger partial charge in [-0.1, -0.05) is 25.7 Å². The molecule has 2 rings (SSSR count). The third kappa shape index (κ3) is 2.33. The van der Waals surface area contributed by atoms with E-state index in [1.165, 1.54) is 65.4 Å². The van der Waals surface area contributed by atoms with E-state index in [2.05, 4.69) is 12.0 Å². The number of hydrogen-bond donors (Lipinski definition) is 0. The van der Waals surface area contributed by atoms with Gasteiger partial charge in [0.05, 0.1) is 13.7 Å². The SMILES string of the molecule is CC1=C(C2CCCCCC2)[N]P=P1. The van der Waals surface area contributed by atoms with Gasteiger partial charge in [-0.15, -0.1) is 0 Å². The van der Waals surface area contributed by atoms with Crippen molar-refractivity contribution in [2.24, 2.45) is 5.92 Å². The Kier molecular flexibility index (Phi) is 3.41. The Hall–Kier alpha value is 0.140. The van der Waals surface area contributed by atoms with E-state index in [4.69, 9.17) is 0 Å². The van der Waals surface area contributed by atoms with Gasteiger partial charge in [-0.2, -0.15) is 0 Å². The summed E-state index contributed by atoms with van der Waals surface area (Å²) in [6.45, 7) is 2.26. The molecular formula is C10H16NP2. The van der Waals surface area contributed by atoms with Crippen molar-refractivity contribution in [2.75, 3.05) is 0 Å². The molecule has 0 N–H and O–H groups in total. The third-order valence-electron chi connectivity index (χ3n) is 2.96. The average Bonchev–Trinajstić information content (AvgIpc) is 2.43. The van der Waals surface area contributed by atoms with Gasteiger partial charge in [0.2, 0.25) is 0 Å². The minimum Gasteiger partial charge on any atom is -0.226 e. The Balaban J connectivity index is 2.03. The summed E-state index contributed by atoms with van der Waals surface area (Å²) >= 11 is 0. The van der Waals surface area contributed by atoms with Crippen LogP contribution >= 0.6 is 15.9 Å². The third-order valence-corrected chi connectivity index (χ3v) is 5.32. The molecule has 0 aromatic heterocycles. The number of allylic oxidation sites excluding steroid dienone is 2. The average molecular weight is 212 g/mol. The van der Waals surface area contributed by atoms with Gasteiger partial charge in [-0.05, 0) is 27.6 Å². The van der Waals surface area contributed by atoms with Crippen LogP contribution in [0.4, 0.5) is 0 Å². The lowest BCUT2D eigenvalue weighted by atomic mass is 9.97. The van der Waals surface area contributed by atoms with Crippen molar-refractivity contribution in [1.29, 1.82) is 0 Å². The fourth-order valence-electron chi connectivity index (χ4n) is 2.19. The molecule has 0 unspecified atom stereocenters. The highest BCUT2D eigenvalue weighted by Gasteiger charge is 2.21. The van der Waals surface area contributed by atoms with Crippen molar-refractivity contribution < 1.29 is 0 Å². The van der Waals surface area contributed by atoms with Crippen molar-refractivity contribution in [1.82, 2.24) is 5.09 Å². The van der Waals surface area contributed by atoms with Crippen LogP contribution in [0.15, 0.2) is 11.0 Å². The smallest absolute Gasteiger partial charge is 0.0699 e. The summed E-state index contributed by atoms with van der Waals surface area (Å²) in [7, 11) is 2.69. The van der Waals surface area contributed by atoms with Crippen LogP contribution in [-0.4, -0.2) is 0 Å². The second-order valence-electron chi connectivity index (χ2n) is 3.95. The monoisotopic (exact) mass is 212 g/mol. The molecule has 1 aliphatic carbocycles. The van der Waals surface area contributed by atoms with Gasteiger partial charge in [-0.3, -0.25) is 0 Å². The molecule has 0 saturated heterocycles. The van der Waals surface area contributed by atoms with Gasteiger partial charge >= 0.3 is 0 Å². The van der Waals surface area contributed by atoms with Gasteiger partial charge in [-0.25, -0.2) is 5.09 Å². The Morgan fingerprint density at radius 3 is 2.38 bits per heavy atom. The summed E-state index contributed by atoms with van der Waals surface area (Å²) in [5.74, 6) is 0.810. The summed E-state index contributed by atoms with van der Waals surface area (Å²) in [5, 5.41) is 6.16. The number of nitrogens with zero attached hydrogens (tertiary/aromatic N) is 1. The molecule has 1 radical (unpaired) electrons. The molecule has 0 bridgehead atoms. The predicted octanol–water partition coefficient (Wildman–Crippen LogP) is 4.53. The van der Waals surface area contributed by atoms with Crippen molar-refractivity contribution in [3.05, 3.63) is 11.0 Å². The second-order valence-corrected chi connectivity index (χ2v) is 6.33. The minimum atomic E-state index is 0.810. The van der Waals surface area contributed by atoms with Crippen molar-refractivity contribution >= 4 is 15.9 Å². The molecule has 71 valence electrons. The fraction of sp³-hybridized carbons (Fsp3) is 0.800. The minimum absolute atomic E-state index is 0.810. The fourth-order valence-corrected chi connectivity index (χ4v) is 4.33. The summed E-state index contributed by atoms with van der Waals surface area (Å²) in [6.07, 6.45) is 8.51. The van der Waals surface area contributed by atoms with Crippen LogP contribution in [0.1, 0.15) is 45.4 Å². The van der Waals surface area contributed by atoms with E-state index in [0.29, 0.717) is 0 Å². The van der Waals surface area contributed by atoms with E-state index in [9.17, 15) is 0 Å². The summed E-state index contributed by atoms with van der Waals surface area (Å²) in [4.78, 5) is 0. The number of rotatable bonds is 1. The standard InChI is InChI=1S/C10H16NP2/c1-8-10(11-13-12-8)9-6-4-2-3-5-7-9/h9H,2-7H2,1H3. The van der Waals surface area contributed by atoms with Crippen LogP contribution in [0.2, 0.25) is 0 Å². The lowest BCUT2D eigenvalue weighted by Crippen LogP contribution is -2.07. The zero-order valence-corrected chi connectivity index (χ0v) is 9.95. The largest absolute Gasteiger partial charge is 0.226 e. The van der Waals surface area contributed by atoms with E-state index >= 15 is 0 Å². The maximum atomic E-state index is 4.62. The van der Waals surface area contributed by atoms with Crippen molar-refractivity contribution in [2.45, 2.75) is 45.4 Å². The highest BCUT2D eigenvalue weighted by atomic mass is 31.7. The first kappa shape index (κ1) is 9.69. The molecule has 0 amide bonds. The maximum absolute atomic E-state index is 4.62. The summed E-state index contributed by atoms with van der Waals surface area (Å²) < 4.78 is 0. The van der Waals surface area contributed by atoms with E-state index in [-0.39, 0.29) is 0 Å². The Morgan fingerprint density at radius 1 is 1.15 bits per heavy atom. The summed E-state index contributed by atoms with van der Waals surface area (Å²) in [6, 6.07) is 0.